The van der Waals surface area contributed by atoms with E-state index in [1.165, 1.54) is 84.0 Å². The minimum Gasteiger partial charge on any atom is -0.308 e. The van der Waals surface area contributed by atoms with Crippen LogP contribution < -0.4 is 0 Å². The number of benzene rings is 12. The Morgan fingerprint density at radius 1 is 0.272 bits per heavy atom. The molecule has 0 radical (unpaired) electrons. The molecule has 0 aliphatic rings. The summed E-state index contributed by atoms with van der Waals surface area (Å²) >= 11 is 3.70. The summed E-state index contributed by atoms with van der Waals surface area (Å²) < 4.78 is 9.94. The lowest BCUT2D eigenvalue weighted by Crippen LogP contribution is -2.00. The van der Waals surface area contributed by atoms with Gasteiger partial charge in [-0.1, -0.05) is 182 Å². The van der Waals surface area contributed by atoms with Crippen LogP contribution in [-0.4, -0.2) is 34.1 Å². The SMILES string of the molecule is N#Cc1cccc(-c2cc(-c3ccccc3)nc(-c3ccc(-n4c5ccccc5c5ccc6c7ccccc7sc6c54)cc3)n2)c1.N#Cc1cccc(-c2nc(-c3ccccc3)nc(-c3ccc(-n4c5ccccc5c5ccc6c7ccccc7sc6c54)cc3)n2)c1. The lowest BCUT2D eigenvalue weighted by Gasteiger charge is -2.12. The van der Waals surface area contributed by atoms with Crippen molar-refractivity contribution in [1.29, 1.82) is 10.5 Å². The molecular formula is C81H47N9S2. The molecule has 0 saturated carbocycles. The summed E-state index contributed by atoms with van der Waals surface area (Å²) in [5.41, 5.74) is 15.1. The van der Waals surface area contributed by atoms with Gasteiger partial charge in [-0.2, -0.15) is 10.5 Å². The van der Waals surface area contributed by atoms with Crippen LogP contribution in [0, 0.1) is 22.7 Å². The third-order valence-electron chi connectivity index (χ3n) is 17.1. The topological polar surface area (TPSA) is 122 Å². The van der Waals surface area contributed by atoms with Crippen LogP contribution in [0.1, 0.15) is 11.1 Å². The Balaban J connectivity index is 0.000000141. The van der Waals surface area contributed by atoms with E-state index in [2.05, 4.69) is 203 Å². The molecule has 0 bridgehead atoms. The van der Waals surface area contributed by atoms with Crippen molar-refractivity contribution in [3.63, 3.8) is 0 Å². The van der Waals surface area contributed by atoms with Gasteiger partial charge in [0.2, 0.25) is 0 Å². The van der Waals surface area contributed by atoms with Gasteiger partial charge in [-0.3, -0.25) is 0 Å². The molecule has 11 heteroatoms. The zero-order valence-corrected chi connectivity index (χ0v) is 50.6. The third-order valence-corrected chi connectivity index (χ3v) is 19.5. The molecule has 92 heavy (non-hydrogen) atoms. The third kappa shape index (κ3) is 9.31. The zero-order chi connectivity index (χ0) is 61.2. The molecule has 428 valence electrons. The van der Waals surface area contributed by atoms with Gasteiger partial charge in [-0.05, 0) is 103 Å². The van der Waals surface area contributed by atoms with E-state index >= 15 is 0 Å². The van der Waals surface area contributed by atoms with Crippen molar-refractivity contribution in [3.05, 3.63) is 296 Å². The number of nitrogens with zero attached hydrogens (tertiary/aromatic N) is 9. The van der Waals surface area contributed by atoms with Gasteiger partial charge < -0.3 is 9.13 Å². The predicted octanol–water partition coefficient (Wildman–Crippen LogP) is 21.0. The smallest absolute Gasteiger partial charge is 0.164 e. The lowest BCUT2D eigenvalue weighted by molar-refractivity contribution is 1.07. The van der Waals surface area contributed by atoms with E-state index in [1.807, 2.05) is 120 Å². The molecule has 0 aliphatic heterocycles. The Bertz CT molecular complexity index is 5660. The highest BCUT2D eigenvalue weighted by Crippen LogP contribution is 2.45. The summed E-state index contributed by atoms with van der Waals surface area (Å²) in [5, 5.41) is 29.1. The van der Waals surface area contributed by atoms with Crippen LogP contribution in [0.3, 0.4) is 0 Å². The number of nitriles is 2. The molecule has 0 saturated heterocycles. The Kier molecular flexibility index (Phi) is 13.1. The quantitative estimate of drug-likeness (QED) is 0.148. The van der Waals surface area contributed by atoms with E-state index in [4.69, 9.17) is 24.9 Å². The number of para-hydroxylation sites is 2. The van der Waals surface area contributed by atoms with Crippen molar-refractivity contribution in [2.75, 3.05) is 0 Å². The maximum absolute atomic E-state index is 9.52. The van der Waals surface area contributed by atoms with Crippen molar-refractivity contribution < 1.29 is 0 Å². The second kappa shape index (κ2) is 22.4. The summed E-state index contributed by atoms with van der Waals surface area (Å²) in [6, 6.07) is 102. The first-order valence-electron chi connectivity index (χ1n) is 30.2. The second-order valence-corrected chi connectivity index (χ2v) is 24.7. The van der Waals surface area contributed by atoms with Crippen LogP contribution in [0.5, 0.6) is 0 Å². The standard InChI is InChI=1S/C41H24N4S.C40H23N5S/c42-25-26-9-8-12-29(23-26)36-24-35(27-10-2-1-3-11-27)43-41(44-36)28-17-19-30(20-18-28)45-37-15-6-4-13-31(37)33-21-22-34-32-14-5-7-16-38(32)46-40(34)39(33)45;41-24-25-9-8-12-28(23-25)40-43-38(26-10-2-1-3-11-26)42-39(44-40)27-17-19-29(20-18-27)45-34-15-6-4-13-30(34)32-21-22-33-31-14-5-7-16-35(31)46-37(33)36(32)45/h1-24H;1-23H. The second-order valence-electron chi connectivity index (χ2n) is 22.6. The summed E-state index contributed by atoms with van der Waals surface area (Å²) in [7, 11) is 0. The molecule has 0 fully saturated rings. The van der Waals surface area contributed by atoms with Gasteiger partial charge >= 0.3 is 0 Å². The van der Waals surface area contributed by atoms with Gasteiger partial charge in [0.05, 0.1) is 66.1 Å². The Hall–Kier alpha value is -12.3. The fourth-order valence-electron chi connectivity index (χ4n) is 12.8. The number of fused-ring (bicyclic) bond motifs is 14. The van der Waals surface area contributed by atoms with Crippen LogP contribution >= 0.6 is 22.7 Å². The minimum atomic E-state index is 0.527. The molecule has 12 aromatic carbocycles. The molecule has 0 amide bonds. The molecule has 0 N–H and O–H groups in total. The maximum atomic E-state index is 9.52. The number of aromatic nitrogens is 7. The van der Waals surface area contributed by atoms with E-state index in [9.17, 15) is 10.5 Å². The largest absolute Gasteiger partial charge is 0.308 e. The highest BCUT2D eigenvalue weighted by molar-refractivity contribution is 7.27. The number of thiophene rings is 2. The minimum absolute atomic E-state index is 0.527. The van der Waals surface area contributed by atoms with Crippen molar-refractivity contribution in [3.8, 4) is 91.6 Å². The molecule has 0 unspecified atom stereocenters. The molecule has 9 nitrogen and oxygen atoms in total. The lowest BCUT2D eigenvalue weighted by atomic mass is 10.0. The van der Waals surface area contributed by atoms with Crippen molar-refractivity contribution in [2.45, 2.75) is 0 Å². The number of rotatable bonds is 8. The first kappa shape index (κ1) is 53.9. The number of hydrogen-bond donors (Lipinski definition) is 0. The first-order valence-corrected chi connectivity index (χ1v) is 31.8. The fourth-order valence-corrected chi connectivity index (χ4v) is 15.3. The van der Waals surface area contributed by atoms with Crippen LogP contribution in [0.2, 0.25) is 0 Å². The van der Waals surface area contributed by atoms with Gasteiger partial charge in [-0.25, -0.2) is 24.9 Å². The Morgan fingerprint density at radius 3 is 1.14 bits per heavy atom. The molecule has 0 atom stereocenters. The van der Waals surface area contributed by atoms with Crippen LogP contribution in [0.15, 0.2) is 285 Å². The van der Waals surface area contributed by atoms with Crippen LogP contribution in [0.25, 0.3) is 163 Å². The van der Waals surface area contributed by atoms with Gasteiger partial charge in [-0.15, -0.1) is 22.7 Å². The van der Waals surface area contributed by atoms with Crippen molar-refractivity contribution >= 4 is 107 Å². The average Bonchev–Trinajstić information content (AvgIpc) is 1.66. The fraction of sp³-hybridized carbons (Fsp3) is 0. The van der Waals surface area contributed by atoms with Crippen LogP contribution in [-0.2, 0) is 0 Å². The summed E-state index contributed by atoms with van der Waals surface area (Å²) in [5.74, 6) is 2.33. The summed E-state index contributed by atoms with van der Waals surface area (Å²) in [6.07, 6.45) is 0. The molecule has 0 spiro atoms. The van der Waals surface area contributed by atoms with Gasteiger partial charge in [0.1, 0.15) is 0 Å². The van der Waals surface area contributed by atoms with Gasteiger partial charge in [0.25, 0.3) is 0 Å². The first-order chi connectivity index (χ1) is 45.5. The van der Waals surface area contributed by atoms with E-state index in [1.54, 1.807) is 6.07 Å². The summed E-state index contributed by atoms with van der Waals surface area (Å²) in [4.78, 5) is 24.6. The van der Waals surface area contributed by atoms with Gasteiger partial charge in [0.15, 0.2) is 23.3 Å². The Morgan fingerprint density at radius 2 is 0.641 bits per heavy atom. The summed E-state index contributed by atoms with van der Waals surface area (Å²) in [6.45, 7) is 0. The monoisotopic (exact) mass is 1210 g/mol. The molecule has 18 rings (SSSR count). The van der Waals surface area contributed by atoms with Crippen molar-refractivity contribution in [2.24, 2.45) is 0 Å². The van der Waals surface area contributed by atoms with E-state index < -0.39 is 0 Å². The molecular weight excluding hydrogens is 1160 g/mol. The van der Waals surface area contributed by atoms with E-state index in [0.717, 1.165) is 56.1 Å². The highest BCUT2D eigenvalue weighted by atomic mass is 32.1. The molecule has 6 aromatic heterocycles. The van der Waals surface area contributed by atoms with E-state index in [0.29, 0.717) is 34.4 Å². The number of hydrogen-bond acceptors (Lipinski definition) is 9. The predicted molar refractivity (Wildman–Crippen MR) is 378 cm³/mol. The van der Waals surface area contributed by atoms with E-state index in [-0.39, 0.29) is 0 Å². The molecule has 6 heterocycles. The zero-order valence-electron chi connectivity index (χ0n) is 49.0. The molecule has 18 aromatic rings. The van der Waals surface area contributed by atoms with Gasteiger partial charge in [0, 0.05) is 97.2 Å². The van der Waals surface area contributed by atoms with Crippen LogP contribution in [0.4, 0.5) is 0 Å². The van der Waals surface area contributed by atoms with Crippen molar-refractivity contribution in [1.82, 2.24) is 34.1 Å². The normalized spacial score (nSPS) is 11.5. The molecule has 0 aliphatic carbocycles. The Labute approximate surface area is 535 Å². The average molecular weight is 1210 g/mol. The highest BCUT2D eigenvalue weighted by Gasteiger charge is 2.21. The maximum Gasteiger partial charge on any atom is 0.164 e.